The van der Waals surface area contributed by atoms with Gasteiger partial charge in [-0.05, 0) is 31.2 Å². The summed E-state index contributed by atoms with van der Waals surface area (Å²) in [6, 6.07) is 11.2. The van der Waals surface area contributed by atoms with Crippen LogP contribution in [0.15, 0.2) is 42.5 Å². The third-order valence-electron chi connectivity index (χ3n) is 2.90. The highest BCUT2D eigenvalue weighted by atomic mass is 19.1. The van der Waals surface area contributed by atoms with E-state index in [1.807, 2.05) is 13.0 Å². The van der Waals surface area contributed by atoms with Crippen LogP contribution in [-0.2, 0) is 0 Å². The highest BCUT2D eigenvalue weighted by Gasteiger charge is 2.16. The lowest BCUT2D eigenvalue weighted by atomic mass is 10.1. The number of aromatic hydroxyl groups is 1. The van der Waals surface area contributed by atoms with Gasteiger partial charge < -0.3 is 15.2 Å². The molecule has 0 heterocycles. The number of anilines is 1. The summed E-state index contributed by atoms with van der Waals surface area (Å²) < 4.78 is 19.1. The smallest absolute Gasteiger partial charge is 0.132 e. The maximum absolute atomic E-state index is 13.9. The van der Waals surface area contributed by atoms with Crippen LogP contribution in [0.2, 0.25) is 0 Å². The third-order valence-corrected chi connectivity index (χ3v) is 2.90. The molecule has 0 spiro atoms. The molecule has 19 heavy (non-hydrogen) atoms. The number of hydrogen-bond donors (Lipinski definition) is 2. The van der Waals surface area contributed by atoms with Crippen LogP contribution in [0.25, 0.3) is 0 Å². The Morgan fingerprint density at radius 3 is 2.63 bits per heavy atom. The summed E-state index contributed by atoms with van der Waals surface area (Å²) in [4.78, 5) is 0. The molecule has 0 aliphatic rings. The number of halogens is 1. The Balaban J connectivity index is 2.27. The minimum absolute atomic E-state index is 0.165. The topological polar surface area (TPSA) is 41.5 Å². The van der Waals surface area contributed by atoms with E-state index in [-0.39, 0.29) is 17.6 Å². The van der Waals surface area contributed by atoms with Crippen LogP contribution in [0.5, 0.6) is 11.5 Å². The lowest BCUT2D eigenvalue weighted by Crippen LogP contribution is -2.10. The fourth-order valence-corrected chi connectivity index (χ4v) is 2.03. The molecule has 2 aromatic rings. The molecule has 0 bridgehead atoms. The molecule has 0 radical (unpaired) electrons. The quantitative estimate of drug-likeness (QED) is 0.881. The van der Waals surface area contributed by atoms with Gasteiger partial charge in [-0.1, -0.05) is 12.1 Å². The first-order chi connectivity index (χ1) is 9.11. The summed E-state index contributed by atoms with van der Waals surface area (Å²) in [5, 5.41) is 12.5. The van der Waals surface area contributed by atoms with Crippen molar-refractivity contribution in [2.24, 2.45) is 0 Å². The molecule has 3 nitrogen and oxygen atoms in total. The fourth-order valence-electron chi connectivity index (χ4n) is 2.03. The molecule has 0 aliphatic carbocycles. The van der Waals surface area contributed by atoms with Gasteiger partial charge in [0.2, 0.25) is 0 Å². The Bertz CT molecular complexity index is 572. The molecule has 0 fully saturated rings. The normalized spacial score (nSPS) is 11.9. The lowest BCUT2D eigenvalue weighted by molar-refractivity contribution is 0.402. The summed E-state index contributed by atoms with van der Waals surface area (Å²) in [5.41, 5.74) is 1.19. The second-order valence-corrected chi connectivity index (χ2v) is 4.27. The molecule has 100 valence electrons. The van der Waals surface area contributed by atoms with Crippen LogP contribution < -0.4 is 10.1 Å². The zero-order valence-electron chi connectivity index (χ0n) is 10.9. The van der Waals surface area contributed by atoms with Crippen molar-refractivity contribution in [2.75, 3.05) is 12.4 Å². The van der Waals surface area contributed by atoms with Gasteiger partial charge in [0.1, 0.15) is 17.3 Å². The summed E-state index contributed by atoms with van der Waals surface area (Å²) in [7, 11) is 1.51. The summed E-state index contributed by atoms with van der Waals surface area (Å²) in [6.45, 7) is 1.84. The van der Waals surface area contributed by atoms with E-state index in [1.54, 1.807) is 30.3 Å². The second-order valence-electron chi connectivity index (χ2n) is 4.27. The van der Waals surface area contributed by atoms with E-state index in [4.69, 9.17) is 4.74 Å². The van der Waals surface area contributed by atoms with Crippen LogP contribution in [-0.4, -0.2) is 12.2 Å². The van der Waals surface area contributed by atoms with Gasteiger partial charge in [0.05, 0.1) is 18.7 Å². The first-order valence-corrected chi connectivity index (χ1v) is 6.00. The molecule has 0 aromatic heterocycles. The van der Waals surface area contributed by atoms with Gasteiger partial charge in [0.15, 0.2) is 0 Å². The van der Waals surface area contributed by atoms with Crippen molar-refractivity contribution in [1.82, 2.24) is 0 Å². The number of methoxy groups -OCH3 is 1. The van der Waals surface area contributed by atoms with E-state index in [0.29, 0.717) is 11.3 Å². The zero-order chi connectivity index (χ0) is 13.8. The number of hydrogen-bond acceptors (Lipinski definition) is 3. The maximum atomic E-state index is 13.9. The third kappa shape index (κ3) is 2.96. The van der Waals surface area contributed by atoms with E-state index in [2.05, 4.69) is 5.32 Å². The minimum atomic E-state index is -0.320. The summed E-state index contributed by atoms with van der Waals surface area (Å²) >= 11 is 0. The molecule has 2 aromatic carbocycles. The molecule has 1 unspecified atom stereocenters. The second kappa shape index (κ2) is 5.61. The van der Waals surface area contributed by atoms with Crippen molar-refractivity contribution >= 4 is 5.69 Å². The summed E-state index contributed by atoms with van der Waals surface area (Å²) in [6.07, 6.45) is 0. The van der Waals surface area contributed by atoms with E-state index < -0.39 is 0 Å². The Morgan fingerprint density at radius 1 is 1.21 bits per heavy atom. The van der Waals surface area contributed by atoms with E-state index >= 15 is 0 Å². The average molecular weight is 261 g/mol. The van der Waals surface area contributed by atoms with Gasteiger partial charge in [0.25, 0.3) is 0 Å². The SMILES string of the molecule is COc1cccc(F)c1C(C)Nc1cccc(O)c1. The minimum Gasteiger partial charge on any atom is -0.508 e. The van der Waals surface area contributed by atoms with Crippen molar-refractivity contribution in [1.29, 1.82) is 0 Å². The maximum Gasteiger partial charge on any atom is 0.132 e. The molecule has 0 amide bonds. The predicted octanol–water partition coefficient (Wildman–Crippen LogP) is 3.71. The van der Waals surface area contributed by atoms with E-state index in [1.165, 1.54) is 13.2 Å². The highest BCUT2D eigenvalue weighted by molar-refractivity contribution is 5.51. The number of rotatable bonds is 4. The van der Waals surface area contributed by atoms with Gasteiger partial charge in [-0.2, -0.15) is 0 Å². The van der Waals surface area contributed by atoms with Crippen molar-refractivity contribution in [2.45, 2.75) is 13.0 Å². The van der Waals surface area contributed by atoms with Gasteiger partial charge in [-0.3, -0.25) is 0 Å². The Kier molecular flexibility index (Phi) is 3.90. The number of benzene rings is 2. The van der Waals surface area contributed by atoms with Gasteiger partial charge in [-0.15, -0.1) is 0 Å². The lowest BCUT2D eigenvalue weighted by Gasteiger charge is -2.19. The van der Waals surface area contributed by atoms with E-state index in [9.17, 15) is 9.50 Å². The van der Waals surface area contributed by atoms with Crippen molar-refractivity contribution in [3.8, 4) is 11.5 Å². The van der Waals surface area contributed by atoms with Crippen LogP contribution >= 0.6 is 0 Å². The standard InChI is InChI=1S/C15H16FNO2/c1-10(17-11-5-3-6-12(18)9-11)15-13(16)7-4-8-14(15)19-2/h3-10,17-18H,1-2H3. The predicted molar refractivity (Wildman–Crippen MR) is 73.1 cm³/mol. The fraction of sp³-hybridized carbons (Fsp3) is 0.200. The zero-order valence-corrected chi connectivity index (χ0v) is 10.9. The van der Waals surface area contributed by atoms with Gasteiger partial charge >= 0.3 is 0 Å². The van der Waals surface area contributed by atoms with Crippen molar-refractivity contribution in [3.63, 3.8) is 0 Å². The number of ether oxygens (including phenoxy) is 1. The monoisotopic (exact) mass is 261 g/mol. The Morgan fingerprint density at radius 2 is 1.95 bits per heavy atom. The van der Waals surface area contributed by atoms with Gasteiger partial charge in [0, 0.05) is 11.8 Å². The van der Waals surface area contributed by atoms with Crippen LogP contribution in [0, 0.1) is 5.82 Å². The van der Waals surface area contributed by atoms with Crippen molar-refractivity contribution in [3.05, 3.63) is 53.8 Å². The molecule has 0 saturated heterocycles. The van der Waals surface area contributed by atoms with Crippen LogP contribution in [0.1, 0.15) is 18.5 Å². The molecular weight excluding hydrogens is 245 g/mol. The van der Waals surface area contributed by atoms with E-state index in [0.717, 1.165) is 5.69 Å². The number of nitrogens with one attached hydrogen (secondary N) is 1. The highest BCUT2D eigenvalue weighted by Crippen LogP contribution is 2.30. The molecule has 1 atom stereocenters. The Labute approximate surface area is 111 Å². The van der Waals surface area contributed by atoms with Crippen LogP contribution in [0.4, 0.5) is 10.1 Å². The molecular formula is C15H16FNO2. The Hall–Kier alpha value is -2.23. The first-order valence-electron chi connectivity index (χ1n) is 6.00. The largest absolute Gasteiger partial charge is 0.508 e. The number of phenolic OH excluding ortho intramolecular Hbond substituents is 1. The molecule has 0 aliphatic heterocycles. The molecule has 0 saturated carbocycles. The molecule has 2 rings (SSSR count). The summed E-state index contributed by atoms with van der Waals surface area (Å²) in [5.74, 6) is 0.345. The molecule has 2 N–H and O–H groups in total. The van der Waals surface area contributed by atoms with Gasteiger partial charge in [-0.25, -0.2) is 4.39 Å². The number of phenols is 1. The van der Waals surface area contributed by atoms with Crippen molar-refractivity contribution < 1.29 is 14.2 Å². The molecule has 4 heteroatoms. The first kappa shape index (κ1) is 13.2. The van der Waals surface area contributed by atoms with Crippen LogP contribution in [0.3, 0.4) is 0 Å². The average Bonchev–Trinajstić information content (AvgIpc) is 2.38.